The molecule has 2 aromatic heterocycles. The number of carbonyl (C=O) groups is 1. The Balaban J connectivity index is 2.14. The molecule has 6 heteroatoms. The summed E-state index contributed by atoms with van der Waals surface area (Å²) in [6, 6.07) is 4.69. The molecular weight excluding hydrogens is 230 g/mol. The summed E-state index contributed by atoms with van der Waals surface area (Å²) in [6.07, 6.45) is 1.46. The summed E-state index contributed by atoms with van der Waals surface area (Å²) >= 11 is 5.74. The van der Waals surface area contributed by atoms with E-state index in [0.717, 1.165) is 0 Å². The van der Waals surface area contributed by atoms with Crippen LogP contribution in [0.1, 0.15) is 16.2 Å². The SMILES string of the molecule is Cc1cc(NC(=O)c2cc(Cl)ccn2)no1. The van der Waals surface area contributed by atoms with Crippen LogP contribution in [0.2, 0.25) is 5.02 Å². The van der Waals surface area contributed by atoms with Gasteiger partial charge in [0.2, 0.25) is 0 Å². The summed E-state index contributed by atoms with van der Waals surface area (Å²) < 4.78 is 4.81. The average Bonchev–Trinajstić information content (AvgIpc) is 2.64. The predicted octanol–water partition coefficient (Wildman–Crippen LogP) is 2.28. The van der Waals surface area contributed by atoms with Gasteiger partial charge in [0.05, 0.1) is 0 Å². The number of hydrogen-bond donors (Lipinski definition) is 1. The van der Waals surface area contributed by atoms with Crippen LogP contribution in [0.4, 0.5) is 5.82 Å². The van der Waals surface area contributed by atoms with Crippen LogP contribution in [0.5, 0.6) is 0 Å². The number of aromatic nitrogens is 2. The first-order valence-electron chi connectivity index (χ1n) is 4.51. The van der Waals surface area contributed by atoms with E-state index in [1.807, 2.05) is 0 Å². The predicted molar refractivity (Wildman–Crippen MR) is 58.4 cm³/mol. The molecule has 16 heavy (non-hydrogen) atoms. The van der Waals surface area contributed by atoms with Gasteiger partial charge < -0.3 is 9.84 Å². The van der Waals surface area contributed by atoms with Gasteiger partial charge in [0.25, 0.3) is 5.91 Å². The third kappa shape index (κ3) is 2.38. The monoisotopic (exact) mass is 237 g/mol. The van der Waals surface area contributed by atoms with Crippen LogP contribution in [0, 0.1) is 6.92 Å². The van der Waals surface area contributed by atoms with Crippen LogP contribution in [0.15, 0.2) is 28.9 Å². The fraction of sp³-hybridized carbons (Fsp3) is 0.100. The first kappa shape index (κ1) is 10.6. The molecule has 0 spiro atoms. The maximum atomic E-state index is 11.7. The van der Waals surface area contributed by atoms with E-state index in [0.29, 0.717) is 16.6 Å². The lowest BCUT2D eigenvalue weighted by Gasteiger charge is -2.00. The number of hydrogen-bond acceptors (Lipinski definition) is 4. The molecule has 5 nitrogen and oxygen atoms in total. The summed E-state index contributed by atoms with van der Waals surface area (Å²) in [6.45, 7) is 1.74. The molecule has 0 unspecified atom stereocenters. The number of carbonyl (C=O) groups excluding carboxylic acids is 1. The van der Waals surface area contributed by atoms with Gasteiger partial charge in [-0.05, 0) is 19.1 Å². The lowest BCUT2D eigenvalue weighted by atomic mass is 10.3. The maximum absolute atomic E-state index is 11.7. The molecule has 2 aromatic rings. The van der Waals surface area contributed by atoms with Gasteiger partial charge in [-0.1, -0.05) is 16.8 Å². The Morgan fingerprint density at radius 2 is 2.31 bits per heavy atom. The van der Waals surface area contributed by atoms with Gasteiger partial charge in [-0.25, -0.2) is 0 Å². The normalized spacial score (nSPS) is 10.1. The van der Waals surface area contributed by atoms with Crippen molar-refractivity contribution >= 4 is 23.3 Å². The van der Waals surface area contributed by atoms with Gasteiger partial charge >= 0.3 is 0 Å². The zero-order valence-electron chi connectivity index (χ0n) is 8.40. The number of nitrogens with zero attached hydrogens (tertiary/aromatic N) is 2. The molecule has 0 aliphatic heterocycles. The van der Waals surface area contributed by atoms with Crippen molar-refractivity contribution in [2.24, 2.45) is 0 Å². The summed E-state index contributed by atoms with van der Waals surface area (Å²) in [5, 5.41) is 6.63. The molecule has 0 saturated heterocycles. The zero-order valence-corrected chi connectivity index (χ0v) is 9.15. The van der Waals surface area contributed by atoms with Crippen molar-refractivity contribution < 1.29 is 9.32 Å². The topological polar surface area (TPSA) is 68.0 Å². The van der Waals surface area contributed by atoms with Crippen LogP contribution in [-0.4, -0.2) is 16.0 Å². The lowest BCUT2D eigenvalue weighted by Crippen LogP contribution is -2.13. The third-order valence-corrected chi connectivity index (χ3v) is 2.06. The minimum absolute atomic E-state index is 0.230. The highest BCUT2D eigenvalue weighted by atomic mass is 35.5. The van der Waals surface area contributed by atoms with Crippen molar-refractivity contribution in [2.75, 3.05) is 5.32 Å². The Labute approximate surface area is 96.4 Å². The minimum Gasteiger partial charge on any atom is -0.360 e. The molecule has 82 valence electrons. The molecule has 2 rings (SSSR count). The summed E-state index contributed by atoms with van der Waals surface area (Å²) in [4.78, 5) is 15.5. The Morgan fingerprint density at radius 3 is 2.94 bits per heavy atom. The highest BCUT2D eigenvalue weighted by Gasteiger charge is 2.10. The Morgan fingerprint density at radius 1 is 1.50 bits per heavy atom. The van der Waals surface area contributed by atoms with Gasteiger partial charge in [-0.3, -0.25) is 9.78 Å². The molecular formula is C10H8ClN3O2. The van der Waals surface area contributed by atoms with E-state index >= 15 is 0 Å². The summed E-state index contributed by atoms with van der Waals surface area (Å²) in [5.74, 6) is 0.592. The molecule has 2 heterocycles. The van der Waals surface area contributed by atoms with E-state index in [2.05, 4.69) is 15.5 Å². The van der Waals surface area contributed by atoms with E-state index in [-0.39, 0.29) is 11.6 Å². The first-order valence-corrected chi connectivity index (χ1v) is 4.89. The average molecular weight is 238 g/mol. The van der Waals surface area contributed by atoms with Gasteiger partial charge in [0.1, 0.15) is 11.5 Å². The van der Waals surface area contributed by atoms with Gasteiger partial charge in [-0.2, -0.15) is 0 Å². The second-order valence-electron chi connectivity index (χ2n) is 3.14. The lowest BCUT2D eigenvalue weighted by molar-refractivity contribution is 0.102. The highest BCUT2D eigenvalue weighted by molar-refractivity contribution is 6.30. The van der Waals surface area contributed by atoms with Crippen molar-refractivity contribution in [3.8, 4) is 0 Å². The van der Waals surface area contributed by atoms with Crippen molar-refractivity contribution in [3.05, 3.63) is 40.9 Å². The second-order valence-corrected chi connectivity index (χ2v) is 3.57. The van der Waals surface area contributed by atoms with Crippen molar-refractivity contribution in [1.82, 2.24) is 10.1 Å². The van der Waals surface area contributed by atoms with Crippen molar-refractivity contribution in [3.63, 3.8) is 0 Å². The number of nitrogens with one attached hydrogen (secondary N) is 1. The Kier molecular flexibility index (Phi) is 2.87. The smallest absolute Gasteiger partial charge is 0.275 e. The second kappa shape index (κ2) is 4.32. The highest BCUT2D eigenvalue weighted by Crippen LogP contribution is 2.11. The molecule has 0 fully saturated rings. The van der Waals surface area contributed by atoms with E-state index < -0.39 is 0 Å². The molecule has 0 saturated carbocycles. The largest absolute Gasteiger partial charge is 0.360 e. The van der Waals surface area contributed by atoms with Crippen LogP contribution >= 0.6 is 11.6 Å². The number of aryl methyl sites for hydroxylation is 1. The van der Waals surface area contributed by atoms with E-state index in [9.17, 15) is 4.79 Å². The number of amides is 1. The van der Waals surface area contributed by atoms with E-state index in [1.165, 1.54) is 12.3 Å². The quantitative estimate of drug-likeness (QED) is 0.870. The van der Waals surface area contributed by atoms with Crippen molar-refractivity contribution in [2.45, 2.75) is 6.92 Å². The number of pyridine rings is 1. The Hall–Kier alpha value is -1.88. The molecule has 0 aromatic carbocycles. The molecule has 0 aliphatic carbocycles. The van der Waals surface area contributed by atoms with Crippen molar-refractivity contribution in [1.29, 1.82) is 0 Å². The molecule has 0 bridgehead atoms. The number of rotatable bonds is 2. The fourth-order valence-corrected chi connectivity index (χ4v) is 1.29. The van der Waals surface area contributed by atoms with Crippen LogP contribution < -0.4 is 5.32 Å². The summed E-state index contributed by atoms with van der Waals surface area (Å²) in [7, 11) is 0. The van der Waals surface area contributed by atoms with E-state index in [1.54, 1.807) is 19.1 Å². The summed E-state index contributed by atoms with van der Waals surface area (Å²) in [5.41, 5.74) is 0.230. The zero-order chi connectivity index (χ0) is 11.5. The van der Waals surface area contributed by atoms with E-state index in [4.69, 9.17) is 16.1 Å². The van der Waals surface area contributed by atoms with Gasteiger partial charge in [-0.15, -0.1) is 0 Å². The number of anilines is 1. The fourth-order valence-electron chi connectivity index (χ4n) is 1.13. The molecule has 0 radical (unpaired) electrons. The van der Waals surface area contributed by atoms with Crippen LogP contribution in [0.3, 0.4) is 0 Å². The molecule has 0 aliphatic rings. The first-order chi connectivity index (χ1) is 7.65. The van der Waals surface area contributed by atoms with Crippen LogP contribution in [0.25, 0.3) is 0 Å². The van der Waals surface area contributed by atoms with Crippen LogP contribution in [-0.2, 0) is 0 Å². The molecule has 0 atom stereocenters. The standard InChI is InChI=1S/C10H8ClN3O2/c1-6-4-9(14-16-6)13-10(15)8-5-7(11)2-3-12-8/h2-5H,1H3,(H,13,14,15). The number of halogens is 1. The molecule has 1 amide bonds. The minimum atomic E-state index is -0.379. The third-order valence-electron chi connectivity index (χ3n) is 1.82. The van der Waals surface area contributed by atoms with Gasteiger partial charge in [0, 0.05) is 17.3 Å². The van der Waals surface area contributed by atoms with Gasteiger partial charge in [0.15, 0.2) is 5.82 Å². The molecule has 1 N–H and O–H groups in total. The Bertz CT molecular complexity index is 524. The maximum Gasteiger partial charge on any atom is 0.275 e.